The van der Waals surface area contributed by atoms with Crippen LogP contribution < -0.4 is 10.1 Å². The quantitative estimate of drug-likeness (QED) is 0.801. The van der Waals surface area contributed by atoms with Gasteiger partial charge in [0.05, 0.1) is 19.3 Å². The van der Waals surface area contributed by atoms with Gasteiger partial charge in [-0.05, 0) is 50.9 Å². The maximum absolute atomic E-state index is 5.86. The number of hydrogen-bond donors (Lipinski definition) is 1. The van der Waals surface area contributed by atoms with Crippen LogP contribution in [0.1, 0.15) is 30.4 Å². The van der Waals surface area contributed by atoms with E-state index in [0.717, 1.165) is 51.3 Å². The van der Waals surface area contributed by atoms with Crippen LogP contribution in [0.2, 0.25) is 0 Å². The van der Waals surface area contributed by atoms with Crippen LogP contribution in [0.5, 0.6) is 5.75 Å². The fourth-order valence-electron chi connectivity index (χ4n) is 2.47. The molecular weight excluding hydrogens is 238 g/mol. The van der Waals surface area contributed by atoms with E-state index in [1.807, 2.05) is 0 Å². The van der Waals surface area contributed by atoms with Gasteiger partial charge in [-0.3, -0.25) is 0 Å². The Labute approximate surface area is 116 Å². The number of benzene rings is 1. The molecule has 0 amide bonds. The molecule has 19 heavy (non-hydrogen) atoms. The highest BCUT2D eigenvalue weighted by Crippen LogP contribution is 2.22. The van der Waals surface area contributed by atoms with Crippen molar-refractivity contribution in [2.45, 2.75) is 39.2 Å². The number of hydrogen-bond acceptors (Lipinski definition) is 3. The first kappa shape index (κ1) is 14.4. The van der Waals surface area contributed by atoms with Gasteiger partial charge in [-0.1, -0.05) is 18.2 Å². The molecule has 1 N–H and O–H groups in total. The second-order valence-corrected chi connectivity index (χ2v) is 5.24. The summed E-state index contributed by atoms with van der Waals surface area (Å²) in [6, 6.07) is 6.25. The Morgan fingerprint density at radius 2 is 1.79 bits per heavy atom. The first-order valence-corrected chi connectivity index (χ1v) is 7.28. The standard InChI is InChI=1S/C16H25NO2/c1-13-5-3-6-14(2)16(13)19-12-4-11-18-15-7-9-17-10-8-15/h3,5-6,15,17H,4,7-12H2,1-2H3. The zero-order chi connectivity index (χ0) is 13.5. The van der Waals surface area contributed by atoms with E-state index in [9.17, 15) is 0 Å². The molecule has 2 rings (SSSR count). The minimum Gasteiger partial charge on any atom is -0.493 e. The third-order valence-electron chi connectivity index (χ3n) is 3.58. The molecule has 3 nitrogen and oxygen atoms in total. The van der Waals surface area contributed by atoms with Crippen molar-refractivity contribution in [2.75, 3.05) is 26.3 Å². The third kappa shape index (κ3) is 4.51. The van der Waals surface area contributed by atoms with Crippen LogP contribution in [0.15, 0.2) is 18.2 Å². The zero-order valence-electron chi connectivity index (χ0n) is 12.1. The number of aryl methyl sites for hydroxylation is 2. The molecule has 1 heterocycles. The Hall–Kier alpha value is -1.06. The van der Waals surface area contributed by atoms with E-state index in [1.165, 1.54) is 11.1 Å². The summed E-state index contributed by atoms with van der Waals surface area (Å²) in [5.41, 5.74) is 2.42. The molecule has 1 aromatic carbocycles. The van der Waals surface area contributed by atoms with Crippen LogP contribution in [0.4, 0.5) is 0 Å². The highest BCUT2D eigenvalue weighted by molar-refractivity contribution is 5.39. The second kappa shape index (κ2) is 7.51. The van der Waals surface area contributed by atoms with Crippen molar-refractivity contribution in [3.63, 3.8) is 0 Å². The Kier molecular flexibility index (Phi) is 5.67. The van der Waals surface area contributed by atoms with E-state index in [4.69, 9.17) is 9.47 Å². The topological polar surface area (TPSA) is 30.5 Å². The van der Waals surface area contributed by atoms with E-state index in [0.29, 0.717) is 6.10 Å². The van der Waals surface area contributed by atoms with Crippen molar-refractivity contribution in [2.24, 2.45) is 0 Å². The van der Waals surface area contributed by atoms with Gasteiger partial charge in [-0.15, -0.1) is 0 Å². The minimum atomic E-state index is 0.446. The third-order valence-corrected chi connectivity index (χ3v) is 3.58. The number of piperidine rings is 1. The van der Waals surface area contributed by atoms with Crippen molar-refractivity contribution >= 4 is 0 Å². The molecule has 0 saturated carbocycles. The van der Waals surface area contributed by atoms with Crippen molar-refractivity contribution < 1.29 is 9.47 Å². The highest BCUT2D eigenvalue weighted by atomic mass is 16.5. The van der Waals surface area contributed by atoms with Crippen molar-refractivity contribution in [1.82, 2.24) is 5.32 Å². The van der Waals surface area contributed by atoms with E-state index in [-0.39, 0.29) is 0 Å². The van der Waals surface area contributed by atoms with E-state index >= 15 is 0 Å². The lowest BCUT2D eigenvalue weighted by molar-refractivity contribution is 0.0268. The summed E-state index contributed by atoms with van der Waals surface area (Å²) < 4.78 is 11.7. The molecule has 1 aromatic rings. The van der Waals surface area contributed by atoms with Gasteiger partial charge < -0.3 is 14.8 Å². The molecule has 1 aliphatic rings. The van der Waals surface area contributed by atoms with Gasteiger partial charge in [0.2, 0.25) is 0 Å². The van der Waals surface area contributed by atoms with Gasteiger partial charge in [0.25, 0.3) is 0 Å². The second-order valence-electron chi connectivity index (χ2n) is 5.24. The molecule has 1 fully saturated rings. The molecule has 0 bridgehead atoms. The molecule has 0 aromatic heterocycles. The maximum Gasteiger partial charge on any atom is 0.125 e. The van der Waals surface area contributed by atoms with Gasteiger partial charge in [-0.25, -0.2) is 0 Å². The van der Waals surface area contributed by atoms with E-state index in [2.05, 4.69) is 37.4 Å². The van der Waals surface area contributed by atoms with Gasteiger partial charge in [-0.2, -0.15) is 0 Å². The van der Waals surface area contributed by atoms with Crippen molar-refractivity contribution in [3.05, 3.63) is 29.3 Å². The monoisotopic (exact) mass is 263 g/mol. The Bertz CT molecular complexity index is 366. The van der Waals surface area contributed by atoms with Gasteiger partial charge >= 0.3 is 0 Å². The molecule has 0 spiro atoms. The summed E-state index contributed by atoms with van der Waals surface area (Å²) in [5, 5.41) is 3.35. The fraction of sp³-hybridized carbons (Fsp3) is 0.625. The molecule has 0 unspecified atom stereocenters. The number of para-hydroxylation sites is 1. The number of nitrogens with one attached hydrogen (secondary N) is 1. The molecule has 0 atom stereocenters. The van der Waals surface area contributed by atoms with Gasteiger partial charge in [0.15, 0.2) is 0 Å². The average Bonchev–Trinajstić information content (AvgIpc) is 2.42. The summed E-state index contributed by atoms with van der Waals surface area (Å²) in [7, 11) is 0. The zero-order valence-corrected chi connectivity index (χ0v) is 12.1. The molecule has 0 aliphatic carbocycles. The minimum absolute atomic E-state index is 0.446. The van der Waals surface area contributed by atoms with E-state index < -0.39 is 0 Å². The predicted molar refractivity (Wildman–Crippen MR) is 77.9 cm³/mol. The van der Waals surface area contributed by atoms with Crippen LogP contribution in [0.3, 0.4) is 0 Å². The summed E-state index contributed by atoms with van der Waals surface area (Å²) in [4.78, 5) is 0. The molecule has 0 radical (unpaired) electrons. The van der Waals surface area contributed by atoms with Gasteiger partial charge in [0.1, 0.15) is 5.75 Å². The van der Waals surface area contributed by atoms with Gasteiger partial charge in [0, 0.05) is 6.42 Å². The normalized spacial score (nSPS) is 16.5. The summed E-state index contributed by atoms with van der Waals surface area (Å²) in [6.07, 6.45) is 3.68. The lowest BCUT2D eigenvalue weighted by Crippen LogP contribution is -2.32. The summed E-state index contributed by atoms with van der Waals surface area (Å²) in [5.74, 6) is 1.03. The van der Waals surface area contributed by atoms with Crippen LogP contribution in [0.25, 0.3) is 0 Å². The summed E-state index contributed by atoms with van der Waals surface area (Å²) >= 11 is 0. The Balaban J connectivity index is 1.63. The first-order chi connectivity index (χ1) is 9.27. The maximum atomic E-state index is 5.86. The first-order valence-electron chi connectivity index (χ1n) is 7.28. The fourth-order valence-corrected chi connectivity index (χ4v) is 2.47. The molecular formula is C16H25NO2. The Morgan fingerprint density at radius 1 is 1.11 bits per heavy atom. The highest BCUT2D eigenvalue weighted by Gasteiger charge is 2.12. The van der Waals surface area contributed by atoms with Crippen molar-refractivity contribution in [1.29, 1.82) is 0 Å². The van der Waals surface area contributed by atoms with Crippen LogP contribution in [0, 0.1) is 13.8 Å². The van der Waals surface area contributed by atoms with Crippen LogP contribution in [-0.2, 0) is 4.74 Å². The lowest BCUT2D eigenvalue weighted by atomic mass is 10.1. The number of ether oxygens (including phenoxy) is 2. The lowest BCUT2D eigenvalue weighted by Gasteiger charge is -2.23. The SMILES string of the molecule is Cc1cccc(C)c1OCCCOC1CCNCC1. The smallest absolute Gasteiger partial charge is 0.125 e. The van der Waals surface area contributed by atoms with Crippen molar-refractivity contribution in [3.8, 4) is 5.75 Å². The Morgan fingerprint density at radius 3 is 2.47 bits per heavy atom. The molecule has 106 valence electrons. The average molecular weight is 263 g/mol. The van der Waals surface area contributed by atoms with E-state index in [1.54, 1.807) is 0 Å². The summed E-state index contributed by atoms with van der Waals surface area (Å²) in [6.45, 7) is 7.89. The molecule has 1 aliphatic heterocycles. The number of rotatable bonds is 6. The van der Waals surface area contributed by atoms with Crippen LogP contribution >= 0.6 is 0 Å². The largest absolute Gasteiger partial charge is 0.493 e. The molecule has 1 saturated heterocycles. The van der Waals surface area contributed by atoms with Crippen LogP contribution in [-0.4, -0.2) is 32.4 Å². The molecule has 3 heteroatoms. The predicted octanol–water partition coefficient (Wildman–Crippen LogP) is 2.84.